The lowest BCUT2D eigenvalue weighted by atomic mass is 10.1. The summed E-state index contributed by atoms with van der Waals surface area (Å²) >= 11 is 0. The Morgan fingerprint density at radius 2 is 2.00 bits per heavy atom. The average Bonchev–Trinajstić information content (AvgIpc) is 3.19. The molecular weight excluding hydrogens is 420 g/mol. The summed E-state index contributed by atoms with van der Waals surface area (Å²) in [5.74, 6) is -1.77. The Hall–Kier alpha value is -3.80. The van der Waals surface area contributed by atoms with Crippen molar-refractivity contribution in [1.82, 2.24) is 16.1 Å². The molecule has 0 radical (unpaired) electrons. The van der Waals surface area contributed by atoms with Crippen LogP contribution < -0.4 is 27.6 Å². The van der Waals surface area contributed by atoms with E-state index in [0.29, 0.717) is 17.8 Å². The number of nitrogens with two attached hydrogens (primary N) is 2. The van der Waals surface area contributed by atoms with Crippen molar-refractivity contribution in [3.63, 3.8) is 0 Å². The molecule has 1 aliphatic rings. The zero-order valence-corrected chi connectivity index (χ0v) is 17.7. The fraction of sp³-hybridized carbons (Fsp3) is 0.400. The van der Waals surface area contributed by atoms with Crippen molar-refractivity contribution in [2.45, 2.75) is 38.3 Å². The molecule has 12 nitrogen and oxygen atoms in total. The molecule has 2 unspecified atom stereocenters. The molecule has 0 aliphatic carbocycles. The van der Waals surface area contributed by atoms with Gasteiger partial charge in [-0.2, -0.15) is 0 Å². The van der Waals surface area contributed by atoms with Crippen LogP contribution in [-0.2, 0) is 19.2 Å². The summed E-state index contributed by atoms with van der Waals surface area (Å²) in [4.78, 5) is 44.5. The summed E-state index contributed by atoms with van der Waals surface area (Å²) in [6.45, 7) is 1.84. The van der Waals surface area contributed by atoms with E-state index in [9.17, 15) is 19.5 Å². The molecule has 1 aromatic rings. The van der Waals surface area contributed by atoms with Crippen LogP contribution in [0, 0.1) is 0 Å². The maximum atomic E-state index is 12.2. The van der Waals surface area contributed by atoms with Crippen LogP contribution in [0.3, 0.4) is 0 Å². The van der Waals surface area contributed by atoms with Gasteiger partial charge in [0, 0.05) is 6.54 Å². The lowest BCUT2D eigenvalue weighted by Gasteiger charge is -2.16. The summed E-state index contributed by atoms with van der Waals surface area (Å²) in [7, 11) is 0. The molecule has 32 heavy (non-hydrogen) atoms. The van der Waals surface area contributed by atoms with Gasteiger partial charge in [0.1, 0.15) is 12.1 Å². The van der Waals surface area contributed by atoms with Gasteiger partial charge in [-0.25, -0.2) is 14.6 Å². The number of hydrogen-bond acceptors (Lipinski definition) is 7. The van der Waals surface area contributed by atoms with E-state index in [4.69, 9.17) is 21.0 Å². The maximum Gasteiger partial charge on any atom is 0.407 e. The molecule has 12 heteroatoms. The third kappa shape index (κ3) is 8.14. The van der Waals surface area contributed by atoms with E-state index in [2.05, 4.69) is 21.1 Å². The number of hydroxylamine groups is 1. The van der Waals surface area contributed by atoms with Crippen molar-refractivity contribution in [2.24, 2.45) is 16.5 Å². The maximum absolute atomic E-state index is 12.2. The number of unbranched alkanes of at least 4 members (excludes halogenated alkanes) is 1. The second-order valence-electron chi connectivity index (χ2n) is 6.96. The average molecular weight is 448 g/mol. The van der Waals surface area contributed by atoms with Gasteiger partial charge in [-0.3, -0.25) is 15.1 Å². The lowest BCUT2D eigenvalue weighted by Crippen LogP contribution is -2.48. The SMILES string of the molecule is CCCCOC(=O)NC(CNC(=O)CC1C=C(c2ccc(N=C(N)N)cc2)NO1)C(=O)O. The first kappa shape index (κ1) is 24.5. The Balaban J connectivity index is 1.83. The van der Waals surface area contributed by atoms with Crippen LogP contribution in [-0.4, -0.2) is 54.3 Å². The van der Waals surface area contributed by atoms with E-state index in [0.717, 1.165) is 12.0 Å². The first-order valence-corrected chi connectivity index (χ1v) is 10.0. The van der Waals surface area contributed by atoms with E-state index >= 15 is 0 Å². The first-order chi connectivity index (χ1) is 15.3. The highest BCUT2D eigenvalue weighted by Gasteiger charge is 2.24. The number of aliphatic carboxylic acids is 1. The Kier molecular flexibility index (Phi) is 9.29. The van der Waals surface area contributed by atoms with Gasteiger partial charge in [-0.05, 0) is 30.2 Å². The number of carboxylic acids is 1. The van der Waals surface area contributed by atoms with E-state index in [1.165, 1.54) is 0 Å². The van der Waals surface area contributed by atoms with E-state index < -0.39 is 30.1 Å². The number of carbonyl (C=O) groups is 3. The Bertz CT molecular complexity index is 866. The molecule has 0 aromatic heterocycles. The number of carbonyl (C=O) groups excluding carboxylic acids is 2. The van der Waals surface area contributed by atoms with E-state index in [-0.39, 0.29) is 25.5 Å². The van der Waals surface area contributed by atoms with Crippen LogP contribution in [0.4, 0.5) is 10.5 Å². The standard InChI is InChI=1S/C20H28N6O6/c1-2-3-8-31-20(30)25-16(18(28)29)11-23-17(27)10-14-9-15(26-32-14)12-4-6-13(7-5-12)24-19(21)22/h4-7,9,14,16,26H,2-3,8,10-11H2,1H3,(H,23,27)(H,25,30)(H,28,29)(H4,21,22,24). The van der Waals surface area contributed by atoms with Crippen LogP contribution in [0.1, 0.15) is 31.7 Å². The molecule has 0 saturated heterocycles. The van der Waals surface area contributed by atoms with E-state index in [1.807, 2.05) is 6.92 Å². The van der Waals surface area contributed by atoms with Crippen molar-refractivity contribution in [2.75, 3.05) is 13.2 Å². The first-order valence-electron chi connectivity index (χ1n) is 10.0. The van der Waals surface area contributed by atoms with Crippen molar-refractivity contribution >= 4 is 35.3 Å². The number of carboxylic acid groups (broad SMARTS) is 1. The fourth-order valence-electron chi connectivity index (χ4n) is 2.68. The minimum atomic E-state index is -1.31. The van der Waals surface area contributed by atoms with Crippen LogP contribution in [0.15, 0.2) is 35.3 Å². The van der Waals surface area contributed by atoms with Gasteiger partial charge in [0.2, 0.25) is 5.91 Å². The molecule has 2 amide bonds. The minimum Gasteiger partial charge on any atom is -0.480 e. The van der Waals surface area contributed by atoms with E-state index in [1.54, 1.807) is 30.3 Å². The van der Waals surface area contributed by atoms with Crippen molar-refractivity contribution in [3.8, 4) is 0 Å². The van der Waals surface area contributed by atoms with Crippen LogP contribution in [0.2, 0.25) is 0 Å². The number of benzene rings is 1. The number of hydrogen-bond donors (Lipinski definition) is 6. The molecular formula is C20H28N6O6. The van der Waals surface area contributed by atoms with Gasteiger partial charge in [-0.1, -0.05) is 25.5 Å². The van der Waals surface area contributed by atoms with Gasteiger partial charge in [0.05, 0.1) is 24.4 Å². The minimum absolute atomic E-state index is 0.0425. The Morgan fingerprint density at radius 3 is 2.62 bits per heavy atom. The van der Waals surface area contributed by atoms with Crippen molar-refractivity contribution < 1.29 is 29.1 Å². The molecule has 0 bridgehead atoms. The molecule has 2 rings (SSSR count). The zero-order chi connectivity index (χ0) is 23.5. The number of nitrogens with one attached hydrogen (secondary N) is 3. The quantitative estimate of drug-likeness (QED) is 0.157. The summed E-state index contributed by atoms with van der Waals surface area (Å²) in [6, 6.07) is 5.71. The number of nitrogens with zero attached hydrogens (tertiary/aromatic N) is 1. The zero-order valence-electron chi connectivity index (χ0n) is 17.7. The number of guanidine groups is 1. The number of rotatable bonds is 11. The summed E-state index contributed by atoms with van der Waals surface area (Å²) in [6.07, 6.45) is 1.79. The van der Waals surface area contributed by atoms with Crippen molar-refractivity contribution in [1.29, 1.82) is 0 Å². The Morgan fingerprint density at radius 1 is 1.28 bits per heavy atom. The van der Waals surface area contributed by atoms with Gasteiger partial charge < -0.3 is 31.9 Å². The molecule has 2 atom stereocenters. The highest BCUT2D eigenvalue weighted by Crippen LogP contribution is 2.22. The fourth-order valence-corrected chi connectivity index (χ4v) is 2.68. The largest absolute Gasteiger partial charge is 0.480 e. The Labute approximate surface area is 185 Å². The molecule has 0 saturated carbocycles. The second-order valence-corrected chi connectivity index (χ2v) is 6.96. The highest BCUT2D eigenvalue weighted by atomic mass is 16.7. The third-order valence-electron chi connectivity index (χ3n) is 4.32. The van der Waals surface area contributed by atoms with Gasteiger partial charge >= 0.3 is 12.1 Å². The van der Waals surface area contributed by atoms with Gasteiger partial charge in [-0.15, -0.1) is 0 Å². The molecule has 1 aliphatic heterocycles. The third-order valence-corrected chi connectivity index (χ3v) is 4.32. The van der Waals surface area contributed by atoms with Gasteiger partial charge in [0.25, 0.3) is 0 Å². The number of ether oxygens (including phenoxy) is 1. The van der Waals surface area contributed by atoms with Crippen LogP contribution in [0.5, 0.6) is 0 Å². The normalized spacial score (nSPS) is 15.7. The summed E-state index contributed by atoms with van der Waals surface area (Å²) in [5, 5.41) is 13.9. The topological polar surface area (TPSA) is 190 Å². The number of amides is 2. The summed E-state index contributed by atoms with van der Waals surface area (Å²) in [5.41, 5.74) is 15.5. The predicted molar refractivity (Wildman–Crippen MR) is 116 cm³/mol. The molecule has 1 heterocycles. The predicted octanol–water partition coefficient (Wildman–Crippen LogP) is 0.322. The molecule has 174 valence electrons. The molecule has 8 N–H and O–H groups in total. The van der Waals surface area contributed by atoms with Crippen LogP contribution in [0.25, 0.3) is 5.70 Å². The molecule has 1 aromatic carbocycles. The number of alkyl carbamates (subject to hydrolysis) is 1. The van der Waals surface area contributed by atoms with Gasteiger partial charge in [0.15, 0.2) is 5.96 Å². The monoisotopic (exact) mass is 448 g/mol. The highest BCUT2D eigenvalue weighted by molar-refractivity contribution is 5.82. The number of aliphatic imine (C=N–C) groups is 1. The smallest absolute Gasteiger partial charge is 0.407 e. The second kappa shape index (κ2) is 12.2. The summed E-state index contributed by atoms with van der Waals surface area (Å²) < 4.78 is 4.88. The van der Waals surface area contributed by atoms with Crippen LogP contribution >= 0.6 is 0 Å². The molecule has 0 fully saturated rings. The molecule has 0 spiro atoms. The van der Waals surface area contributed by atoms with Crippen molar-refractivity contribution in [3.05, 3.63) is 35.9 Å². The lowest BCUT2D eigenvalue weighted by molar-refractivity contribution is -0.139.